The molecule has 6 rings (SSSR count). The van der Waals surface area contributed by atoms with Gasteiger partial charge >= 0.3 is 6.03 Å². The van der Waals surface area contributed by atoms with Gasteiger partial charge in [-0.15, -0.1) is 11.3 Å². The molecule has 0 bridgehead atoms. The molecule has 4 N–H and O–H groups in total. The quantitative estimate of drug-likeness (QED) is 0.267. The number of para-hydroxylation sites is 1. The summed E-state index contributed by atoms with van der Waals surface area (Å²) >= 11 is 1.52. The van der Waals surface area contributed by atoms with E-state index in [0.717, 1.165) is 10.6 Å². The van der Waals surface area contributed by atoms with Gasteiger partial charge < -0.3 is 11.1 Å². The molecule has 198 valence electrons. The molecule has 0 aliphatic carbocycles. The van der Waals surface area contributed by atoms with E-state index in [2.05, 4.69) is 25.7 Å². The number of aromatic nitrogens is 5. The molecule has 0 aliphatic rings. The molecule has 0 atom stereocenters. The zero-order valence-corrected chi connectivity index (χ0v) is 21.8. The SMILES string of the molecule is Cn1c(=O)c(-c2ccc(F)c(NC(=O)Nc3cc(-c4cccs4)nn3-c3ccccc3)c2)cc2cnc(N)nc21. The molecule has 4 aromatic heterocycles. The molecule has 0 unspecified atom stereocenters. The maximum Gasteiger partial charge on any atom is 0.324 e. The van der Waals surface area contributed by atoms with Crippen molar-refractivity contribution in [3.05, 3.63) is 101 Å². The number of aryl methyl sites for hydroxylation is 1. The predicted octanol–water partition coefficient (Wildman–Crippen LogP) is 5.28. The lowest BCUT2D eigenvalue weighted by Crippen LogP contribution is -2.22. The third-order valence-corrected chi connectivity index (χ3v) is 7.11. The van der Waals surface area contributed by atoms with Crippen LogP contribution in [0.1, 0.15) is 0 Å². The lowest BCUT2D eigenvalue weighted by molar-refractivity contribution is 0.262. The number of nitrogens with zero attached hydrogens (tertiary/aromatic N) is 5. The number of hydrogen-bond acceptors (Lipinski definition) is 7. The second-order valence-corrected chi connectivity index (χ2v) is 9.79. The van der Waals surface area contributed by atoms with E-state index in [4.69, 9.17) is 5.73 Å². The predicted molar refractivity (Wildman–Crippen MR) is 154 cm³/mol. The Morgan fingerprint density at radius 2 is 1.85 bits per heavy atom. The van der Waals surface area contributed by atoms with Gasteiger partial charge in [-0.25, -0.2) is 18.9 Å². The monoisotopic (exact) mass is 552 g/mol. The van der Waals surface area contributed by atoms with E-state index in [1.807, 2.05) is 47.8 Å². The molecule has 0 saturated carbocycles. The number of rotatable bonds is 5. The number of nitrogens with one attached hydrogen (secondary N) is 2. The Bertz CT molecular complexity index is 1930. The number of urea groups is 1. The number of benzene rings is 2. The van der Waals surface area contributed by atoms with Gasteiger partial charge in [0.05, 0.1) is 16.3 Å². The van der Waals surface area contributed by atoms with Crippen LogP contribution in [0.15, 0.2) is 89.2 Å². The van der Waals surface area contributed by atoms with E-state index >= 15 is 0 Å². The van der Waals surface area contributed by atoms with Crippen molar-refractivity contribution in [3.8, 4) is 27.4 Å². The highest BCUT2D eigenvalue weighted by molar-refractivity contribution is 7.13. The summed E-state index contributed by atoms with van der Waals surface area (Å²) in [7, 11) is 1.57. The summed E-state index contributed by atoms with van der Waals surface area (Å²) < 4.78 is 17.8. The molecule has 2 aromatic carbocycles. The summed E-state index contributed by atoms with van der Waals surface area (Å²) in [5.41, 5.74) is 7.70. The standard InChI is InChI=1S/C28H21FN8O2S/c1-36-25-17(15-31-27(30)34-25)12-19(26(36)38)16-9-10-20(29)21(13-16)32-28(39)33-24-14-22(23-8-5-11-40-23)35-37(24)18-6-3-2-4-7-18/h2-15H,1H3,(H2,30,31,34)(H2,32,33,39). The van der Waals surface area contributed by atoms with Crippen LogP contribution in [0.5, 0.6) is 0 Å². The summed E-state index contributed by atoms with van der Waals surface area (Å²) in [6.07, 6.45) is 1.51. The highest BCUT2D eigenvalue weighted by Gasteiger charge is 2.17. The van der Waals surface area contributed by atoms with Crippen LogP contribution in [0.4, 0.5) is 26.6 Å². The summed E-state index contributed by atoms with van der Waals surface area (Å²) in [6, 6.07) is 19.9. The van der Waals surface area contributed by atoms with Gasteiger partial charge in [-0.05, 0) is 47.3 Å². The fraction of sp³-hybridized carbons (Fsp3) is 0.0357. The number of nitrogens with two attached hydrogens (primary N) is 1. The molecular formula is C28H21FN8O2S. The average molecular weight is 553 g/mol. The van der Waals surface area contributed by atoms with Crippen molar-refractivity contribution in [2.24, 2.45) is 7.05 Å². The van der Waals surface area contributed by atoms with Crippen LogP contribution in [-0.2, 0) is 7.05 Å². The Kier molecular flexibility index (Phi) is 6.28. The molecule has 10 nitrogen and oxygen atoms in total. The van der Waals surface area contributed by atoms with Gasteiger partial charge in [-0.2, -0.15) is 10.1 Å². The van der Waals surface area contributed by atoms with E-state index in [-0.39, 0.29) is 22.8 Å². The third kappa shape index (κ3) is 4.67. The Hall–Kier alpha value is -5.36. The van der Waals surface area contributed by atoms with Gasteiger partial charge in [0, 0.05) is 30.3 Å². The van der Waals surface area contributed by atoms with Crippen molar-refractivity contribution in [2.75, 3.05) is 16.4 Å². The van der Waals surface area contributed by atoms with Crippen molar-refractivity contribution in [2.45, 2.75) is 0 Å². The molecule has 2 amide bonds. The number of thiophene rings is 1. The zero-order chi connectivity index (χ0) is 27.8. The fourth-order valence-corrected chi connectivity index (χ4v) is 4.99. The minimum Gasteiger partial charge on any atom is -0.368 e. The Morgan fingerprint density at radius 1 is 1.02 bits per heavy atom. The molecule has 12 heteroatoms. The number of fused-ring (bicyclic) bond motifs is 1. The number of halogens is 1. The molecule has 0 fully saturated rings. The maximum atomic E-state index is 14.8. The minimum atomic E-state index is -0.679. The first-order chi connectivity index (χ1) is 19.4. The van der Waals surface area contributed by atoms with Crippen molar-refractivity contribution < 1.29 is 9.18 Å². The summed E-state index contributed by atoms with van der Waals surface area (Å²) in [6.45, 7) is 0. The van der Waals surface area contributed by atoms with E-state index < -0.39 is 11.8 Å². The van der Waals surface area contributed by atoms with E-state index in [1.54, 1.807) is 23.9 Å². The minimum absolute atomic E-state index is 0.0469. The van der Waals surface area contributed by atoms with Crippen molar-refractivity contribution in [1.82, 2.24) is 24.3 Å². The van der Waals surface area contributed by atoms with Crippen molar-refractivity contribution in [1.29, 1.82) is 0 Å². The lowest BCUT2D eigenvalue weighted by atomic mass is 10.1. The van der Waals surface area contributed by atoms with Crippen LogP contribution < -0.4 is 21.9 Å². The third-order valence-electron chi connectivity index (χ3n) is 6.22. The smallest absolute Gasteiger partial charge is 0.324 e. The summed E-state index contributed by atoms with van der Waals surface area (Å²) in [5.74, 6) is -0.222. The van der Waals surface area contributed by atoms with Crippen molar-refractivity contribution in [3.63, 3.8) is 0 Å². The van der Waals surface area contributed by atoms with Crippen LogP contribution in [0, 0.1) is 5.82 Å². The van der Waals surface area contributed by atoms with Crippen molar-refractivity contribution >= 4 is 45.9 Å². The van der Waals surface area contributed by atoms with Gasteiger partial charge in [-0.3, -0.25) is 14.7 Å². The van der Waals surface area contributed by atoms with Gasteiger partial charge in [-0.1, -0.05) is 30.3 Å². The van der Waals surface area contributed by atoms with E-state index in [0.29, 0.717) is 28.1 Å². The zero-order valence-electron chi connectivity index (χ0n) is 21.0. The molecule has 4 heterocycles. The van der Waals surface area contributed by atoms with Gasteiger partial charge in [0.25, 0.3) is 5.56 Å². The van der Waals surface area contributed by atoms with Gasteiger partial charge in [0.2, 0.25) is 5.95 Å². The van der Waals surface area contributed by atoms with Crippen LogP contribution in [0.2, 0.25) is 0 Å². The Morgan fingerprint density at radius 3 is 2.62 bits per heavy atom. The average Bonchev–Trinajstić information content (AvgIpc) is 3.63. The number of pyridine rings is 1. The Balaban J connectivity index is 1.32. The van der Waals surface area contributed by atoms with E-state index in [1.165, 1.54) is 40.3 Å². The number of amides is 2. The molecule has 0 saturated heterocycles. The van der Waals surface area contributed by atoms with Crippen LogP contribution in [0.25, 0.3) is 38.4 Å². The fourth-order valence-electron chi connectivity index (χ4n) is 4.31. The molecular weight excluding hydrogens is 531 g/mol. The topological polar surface area (TPSA) is 133 Å². The molecule has 6 aromatic rings. The maximum absolute atomic E-state index is 14.8. The number of carbonyl (C=O) groups excluding carboxylic acids is 1. The lowest BCUT2D eigenvalue weighted by Gasteiger charge is -2.12. The second kappa shape index (κ2) is 10.1. The normalized spacial score (nSPS) is 11.1. The molecule has 0 aliphatic heterocycles. The number of anilines is 3. The van der Waals surface area contributed by atoms with Gasteiger partial charge in [0.1, 0.15) is 23.0 Å². The first-order valence-electron chi connectivity index (χ1n) is 12.1. The van der Waals surface area contributed by atoms with E-state index in [9.17, 15) is 14.0 Å². The summed E-state index contributed by atoms with van der Waals surface area (Å²) in [5, 5.41) is 12.5. The highest BCUT2D eigenvalue weighted by atomic mass is 32.1. The highest BCUT2D eigenvalue weighted by Crippen LogP contribution is 2.29. The molecule has 0 spiro atoms. The van der Waals surface area contributed by atoms with Crippen LogP contribution in [-0.4, -0.2) is 30.3 Å². The Labute approximate surface area is 230 Å². The molecule has 0 radical (unpaired) electrons. The van der Waals surface area contributed by atoms with Crippen LogP contribution in [0.3, 0.4) is 0 Å². The second-order valence-electron chi connectivity index (χ2n) is 8.84. The summed E-state index contributed by atoms with van der Waals surface area (Å²) in [4.78, 5) is 35.2. The number of carbonyl (C=O) groups is 1. The number of hydrogen-bond donors (Lipinski definition) is 3. The van der Waals surface area contributed by atoms with Crippen LogP contribution >= 0.6 is 11.3 Å². The molecule has 40 heavy (non-hydrogen) atoms. The first-order valence-corrected chi connectivity index (χ1v) is 12.9. The largest absolute Gasteiger partial charge is 0.368 e. The van der Waals surface area contributed by atoms with Gasteiger partial charge in [0.15, 0.2) is 0 Å². The first kappa shape index (κ1) is 24.9. The number of nitrogen functional groups attached to an aromatic ring is 1.